The molecular weight excluding hydrogens is 410 g/mol. The number of pyridine rings is 1. The van der Waals surface area contributed by atoms with Crippen molar-refractivity contribution in [2.24, 2.45) is 12.5 Å². The lowest BCUT2D eigenvalue weighted by molar-refractivity contribution is -0.665. The molecular formula is C33H38N+. The Bertz CT molecular complexity index is 1350. The van der Waals surface area contributed by atoms with Gasteiger partial charge in [0.2, 0.25) is 5.69 Å². The zero-order valence-corrected chi connectivity index (χ0v) is 21.7. The molecule has 1 fully saturated rings. The molecule has 1 aliphatic rings. The van der Waals surface area contributed by atoms with Gasteiger partial charge in [0.05, 0.1) is 10.9 Å². The number of hydrogen-bond acceptors (Lipinski definition) is 0. The molecule has 1 heterocycles. The molecule has 4 aromatic rings. The maximum atomic E-state index is 2.48. The highest BCUT2D eigenvalue weighted by molar-refractivity contribution is 5.95. The molecule has 0 bridgehead atoms. The minimum Gasteiger partial charge on any atom is -0.198 e. The Labute approximate surface area is 205 Å². The van der Waals surface area contributed by atoms with Crippen molar-refractivity contribution in [3.8, 4) is 22.4 Å². The summed E-state index contributed by atoms with van der Waals surface area (Å²) in [7, 11) is 2.21. The van der Waals surface area contributed by atoms with Gasteiger partial charge in [-0.3, -0.25) is 0 Å². The van der Waals surface area contributed by atoms with Gasteiger partial charge in [-0.2, -0.15) is 4.57 Å². The average molecular weight is 449 g/mol. The molecule has 0 atom stereocenters. The lowest BCUT2D eigenvalue weighted by atomic mass is 9.71. The highest BCUT2D eigenvalue weighted by Gasteiger charge is 2.28. The van der Waals surface area contributed by atoms with Crippen molar-refractivity contribution >= 4 is 10.8 Å². The summed E-state index contributed by atoms with van der Waals surface area (Å²) >= 11 is 0. The maximum absolute atomic E-state index is 2.48. The van der Waals surface area contributed by atoms with E-state index in [1.54, 1.807) is 0 Å². The first-order chi connectivity index (χ1) is 16.2. The summed E-state index contributed by atoms with van der Waals surface area (Å²) in [6.07, 6.45) is 5.27. The van der Waals surface area contributed by atoms with Crippen molar-refractivity contribution in [1.82, 2.24) is 0 Å². The molecule has 0 radical (unpaired) electrons. The van der Waals surface area contributed by atoms with E-state index in [9.17, 15) is 0 Å². The van der Waals surface area contributed by atoms with Crippen LogP contribution in [0.15, 0.2) is 66.7 Å². The van der Waals surface area contributed by atoms with E-state index in [1.165, 1.54) is 81.2 Å². The van der Waals surface area contributed by atoms with Crippen LogP contribution in [-0.4, -0.2) is 0 Å². The van der Waals surface area contributed by atoms with Gasteiger partial charge in [-0.05, 0) is 96.2 Å². The van der Waals surface area contributed by atoms with Gasteiger partial charge in [0.1, 0.15) is 7.05 Å². The molecule has 0 unspecified atom stereocenters. The van der Waals surface area contributed by atoms with Crippen LogP contribution >= 0.6 is 0 Å². The van der Waals surface area contributed by atoms with Gasteiger partial charge in [0.15, 0.2) is 5.69 Å². The second-order valence-electron chi connectivity index (χ2n) is 11.3. The van der Waals surface area contributed by atoms with E-state index in [0.717, 1.165) is 0 Å². The third-order valence-corrected chi connectivity index (χ3v) is 8.40. The average Bonchev–Trinajstić information content (AvgIpc) is 2.82. The molecule has 174 valence electrons. The molecule has 1 heteroatoms. The first kappa shape index (κ1) is 22.8. The van der Waals surface area contributed by atoms with E-state index >= 15 is 0 Å². The predicted octanol–water partition coefficient (Wildman–Crippen LogP) is 8.61. The molecule has 34 heavy (non-hydrogen) atoms. The number of aromatic nitrogens is 1. The van der Waals surface area contributed by atoms with E-state index in [0.29, 0.717) is 11.3 Å². The number of rotatable bonds is 3. The van der Waals surface area contributed by atoms with Crippen LogP contribution in [0, 0.1) is 26.2 Å². The number of hydrogen-bond donors (Lipinski definition) is 0. The highest BCUT2D eigenvalue weighted by Crippen LogP contribution is 2.43. The van der Waals surface area contributed by atoms with Gasteiger partial charge in [-0.1, -0.05) is 62.4 Å². The lowest BCUT2D eigenvalue weighted by Gasteiger charge is -2.34. The first-order valence-corrected chi connectivity index (χ1v) is 12.8. The molecule has 1 aromatic heterocycles. The van der Waals surface area contributed by atoms with Crippen LogP contribution < -0.4 is 4.57 Å². The Morgan fingerprint density at radius 2 is 1.50 bits per heavy atom. The number of benzene rings is 3. The monoisotopic (exact) mass is 448 g/mol. The lowest BCUT2D eigenvalue weighted by Crippen LogP contribution is -2.35. The van der Waals surface area contributed by atoms with Crippen LogP contribution in [0.5, 0.6) is 0 Å². The molecule has 1 saturated carbocycles. The minimum atomic E-state index is 0.504. The Morgan fingerprint density at radius 3 is 2.21 bits per heavy atom. The molecule has 0 spiro atoms. The second kappa shape index (κ2) is 8.69. The van der Waals surface area contributed by atoms with E-state index in [2.05, 4.69) is 113 Å². The van der Waals surface area contributed by atoms with E-state index < -0.39 is 0 Å². The Balaban J connectivity index is 1.66. The van der Waals surface area contributed by atoms with E-state index in [4.69, 9.17) is 0 Å². The van der Waals surface area contributed by atoms with Crippen molar-refractivity contribution in [1.29, 1.82) is 0 Å². The number of aryl methyl sites for hydroxylation is 2. The molecule has 3 aromatic carbocycles. The van der Waals surface area contributed by atoms with Crippen molar-refractivity contribution in [2.75, 3.05) is 0 Å². The molecule has 0 saturated heterocycles. The molecule has 0 aliphatic heterocycles. The summed E-state index contributed by atoms with van der Waals surface area (Å²) in [6, 6.07) is 25.1. The molecule has 1 nitrogen and oxygen atoms in total. The van der Waals surface area contributed by atoms with Crippen LogP contribution in [-0.2, 0) is 7.05 Å². The summed E-state index contributed by atoms with van der Waals surface area (Å²) in [5.74, 6) is 0.695. The Morgan fingerprint density at radius 1 is 0.794 bits per heavy atom. The largest absolute Gasteiger partial charge is 0.220 e. The fourth-order valence-corrected chi connectivity index (χ4v) is 5.81. The smallest absolute Gasteiger partial charge is 0.198 e. The van der Waals surface area contributed by atoms with Gasteiger partial charge < -0.3 is 0 Å². The van der Waals surface area contributed by atoms with Gasteiger partial charge in [0.25, 0.3) is 0 Å². The highest BCUT2D eigenvalue weighted by atomic mass is 14.9. The maximum Gasteiger partial charge on any atom is 0.220 e. The fourth-order valence-electron chi connectivity index (χ4n) is 5.81. The molecule has 1 aliphatic carbocycles. The normalized spacial score (nSPS) is 16.2. The van der Waals surface area contributed by atoms with Crippen LogP contribution in [0.25, 0.3) is 33.2 Å². The van der Waals surface area contributed by atoms with E-state index in [-0.39, 0.29) is 0 Å². The SMILES string of the molecule is Cc1cc(-c2ccccc2)cc(-c2c3ccc(C4CCC(C)(C)CC4)cc3cc(C)[n+]2C)c1C. The standard InChI is InChI=1S/C33H38N/c1-22-18-28(25-10-8-7-9-11-25)21-31(24(22)3)32-30-13-12-27(20-29(30)19-23(2)34(32)6)26-14-16-33(4,5)17-15-26/h7-13,18-21,26H,14-17H2,1-6H3/q+1. The van der Waals surface area contributed by atoms with E-state index in [1.807, 2.05) is 0 Å². The van der Waals surface area contributed by atoms with Crippen LogP contribution in [0.1, 0.15) is 67.8 Å². The molecule has 5 rings (SSSR count). The Hall–Kier alpha value is -2.93. The first-order valence-electron chi connectivity index (χ1n) is 12.8. The topological polar surface area (TPSA) is 3.88 Å². The van der Waals surface area contributed by atoms with Crippen LogP contribution in [0.4, 0.5) is 0 Å². The molecule has 0 amide bonds. The quantitative estimate of drug-likeness (QED) is 0.276. The zero-order valence-electron chi connectivity index (χ0n) is 21.7. The van der Waals surface area contributed by atoms with Gasteiger partial charge in [0, 0.05) is 13.0 Å². The summed E-state index contributed by atoms with van der Waals surface area (Å²) < 4.78 is 2.38. The zero-order chi connectivity index (χ0) is 24.0. The van der Waals surface area contributed by atoms with Crippen LogP contribution in [0.2, 0.25) is 0 Å². The van der Waals surface area contributed by atoms with Crippen LogP contribution in [0.3, 0.4) is 0 Å². The van der Waals surface area contributed by atoms with Gasteiger partial charge >= 0.3 is 0 Å². The van der Waals surface area contributed by atoms with Gasteiger partial charge in [-0.25, -0.2) is 0 Å². The van der Waals surface area contributed by atoms with Crippen molar-refractivity contribution < 1.29 is 4.57 Å². The predicted molar refractivity (Wildman–Crippen MR) is 145 cm³/mol. The third-order valence-electron chi connectivity index (χ3n) is 8.40. The number of nitrogens with zero attached hydrogens (tertiary/aromatic N) is 1. The summed E-state index contributed by atoms with van der Waals surface area (Å²) in [5, 5.41) is 2.72. The summed E-state index contributed by atoms with van der Waals surface area (Å²) in [6.45, 7) is 11.6. The number of fused-ring (bicyclic) bond motifs is 1. The van der Waals surface area contributed by atoms with Crippen molar-refractivity contribution in [3.05, 3.63) is 89.1 Å². The van der Waals surface area contributed by atoms with Crippen molar-refractivity contribution in [2.45, 2.75) is 66.2 Å². The third kappa shape index (κ3) is 4.17. The second-order valence-corrected chi connectivity index (χ2v) is 11.3. The fraction of sp³-hybridized carbons (Fsp3) is 0.364. The van der Waals surface area contributed by atoms with Gasteiger partial charge in [-0.15, -0.1) is 0 Å². The summed E-state index contributed by atoms with van der Waals surface area (Å²) in [5.41, 5.74) is 11.2. The molecule has 0 N–H and O–H groups in total. The van der Waals surface area contributed by atoms with Crippen molar-refractivity contribution in [3.63, 3.8) is 0 Å². The summed E-state index contributed by atoms with van der Waals surface area (Å²) in [4.78, 5) is 0. The Kier molecular flexibility index (Phi) is 5.84. The minimum absolute atomic E-state index is 0.504.